The number of urea groups is 1. The number of imide groups is 1. The highest BCUT2D eigenvalue weighted by Crippen LogP contribution is 2.29. The van der Waals surface area contributed by atoms with Gasteiger partial charge in [-0.25, -0.2) is 9.59 Å². The lowest BCUT2D eigenvalue weighted by atomic mass is 10.1. The summed E-state index contributed by atoms with van der Waals surface area (Å²) in [5.41, 5.74) is -1.25. The van der Waals surface area contributed by atoms with Gasteiger partial charge in [-0.2, -0.15) is 13.2 Å². The molecule has 3 amide bonds. The van der Waals surface area contributed by atoms with E-state index in [9.17, 15) is 27.6 Å². The molecule has 26 heavy (non-hydrogen) atoms. The summed E-state index contributed by atoms with van der Waals surface area (Å²) < 4.78 is 42.4. The first kappa shape index (κ1) is 21.2. The number of halogens is 3. The van der Waals surface area contributed by atoms with Gasteiger partial charge in [0.1, 0.15) is 0 Å². The van der Waals surface area contributed by atoms with Crippen molar-refractivity contribution in [2.24, 2.45) is 0 Å². The van der Waals surface area contributed by atoms with Crippen molar-refractivity contribution in [1.82, 2.24) is 10.6 Å². The number of esters is 1. The van der Waals surface area contributed by atoms with Crippen LogP contribution in [-0.4, -0.2) is 30.1 Å². The summed E-state index contributed by atoms with van der Waals surface area (Å²) in [5, 5.41) is 4.46. The minimum atomic E-state index is -4.49. The van der Waals surface area contributed by atoms with Crippen molar-refractivity contribution in [1.29, 1.82) is 0 Å². The molecular formula is C17H19F3N2O4. The van der Waals surface area contributed by atoms with Crippen LogP contribution in [-0.2, 0) is 20.5 Å². The van der Waals surface area contributed by atoms with Crippen LogP contribution in [0, 0.1) is 0 Å². The Balaban J connectivity index is 2.51. The highest BCUT2D eigenvalue weighted by Gasteiger charge is 2.30. The minimum absolute atomic E-state index is 0.144. The predicted octanol–water partition coefficient (Wildman–Crippen LogP) is 2.89. The smallest absolute Gasteiger partial charge is 0.416 e. The highest BCUT2D eigenvalue weighted by atomic mass is 19.4. The molecule has 1 aromatic rings. The zero-order valence-electron chi connectivity index (χ0n) is 14.4. The van der Waals surface area contributed by atoms with Gasteiger partial charge >= 0.3 is 18.2 Å². The Morgan fingerprint density at radius 2 is 1.81 bits per heavy atom. The summed E-state index contributed by atoms with van der Waals surface area (Å²) in [6.45, 7) is 4.45. The number of carbonyl (C=O) groups is 3. The molecule has 1 aromatic carbocycles. The fourth-order valence-electron chi connectivity index (χ4n) is 1.70. The minimum Gasteiger partial charge on any atom is -0.452 e. The topological polar surface area (TPSA) is 84.5 Å². The zero-order valence-corrected chi connectivity index (χ0v) is 14.4. The van der Waals surface area contributed by atoms with Crippen LogP contribution in [0.15, 0.2) is 30.3 Å². The first-order chi connectivity index (χ1) is 11.9. The van der Waals surface area contributed by atoms with Gasteiger partial charge in [0, 0.05) is 11.6 Å². The number of hydrogen-bond donors (Lipinski definition) is 2. The fraction of sp³-hybridized carbons (Fsp3) is 0.353. The molecule has 0 fully saturated rings. The Hall–Kier alpha value is -2.84. The summed E-state index contributed by atoms with van der Waals surface area (Å²) in [6, 6.07) is 3.62. The van der Waals surface area contributed by atoms with Gasteiger partial charge in [0.25, 0.3) is 5.91 Å². The van der Waals surface area contributed by atoms with E-state index in [1.807, 2.05) is 5.32 Å². The van der Waals surface area contributed by atoms with Gasteiger partial charge in [0.15, 0.2) is 6.61 Å². The Labute approximate surface area is 148 Å². The van der Waals surface area contributed by atoms with E-state index in [2.05, 4.69) is 10.1 Å². The molecule has 1 rings (SSSR count). The number of nitrogens with one attached hydrogen (secondary N) is 2. The number of carbonyl (C=O) groups excluding carboxylic acids is 3. The number of alkyl halides is 3. The SMILES string of the molecule is CC(C)(C)NC(=O)NC(=O)COC(=O)/C=C/c1cccc(C(F)(F)F)c1. The van der Waals surface area contributed by atoms with Gasteiger partial charge in [0.2, 0.25) is 0 Å². The molecule has 0 aliphatic carbocycles. The molecule has 0 unspecified atom stereocenters. The largest absolute Gasteiger partial charge is 0.452 e. The van der Waals surface area contributed by atoms with Crippen LogP contribution in [0.3, 0.4) is 0 Å². The number of benzene rings is 1. The van der Waals surface area contributed by atoms with Crippen molar-refractivity contribution in [3.63, 3.8) is 0 Å². The molecule has 0 bridgehead atoms. The van der Waals surface area contributed by atoms with E-state index in [-0.39, 0.29) is 5.56 Å². The van der Waals surface area contributed by atoms with Gasteiger partial charge in [-0.3, -0.25) is 10.1 Å². The van der Waals surface area contributed by atoms with Gasteiger partial charge < -0.3 is 10.1 Å². The van der Waals surface area contributed by atoms with Crippen molar-refractivity contribution in [2.75, 3.05) is 6.61 Å². The lowest BCUT2D eigenvalue weighted by molar-refractivity contribution is -0.143. The van der Waals surface area contributed by atoms with Crippen LogP contribution < -0.4 is 10.6 Å². The predicted molar refractivity (Wildman–Crippen MR) is 87.9 cm³/mol. The lowest BCUT2D eigenvalue weighted by Gasteiger charge is -2.20. The molecule has 0 aliphatic heterocycles. The first-order valence-electron chi connectivity index (χ1n) is 7.51. The average Bonchev–Trinajstić information content (AvgIpc) is 2.48. The van der Waals surface area contributed by atoms with Gasteiger partial charge in [-0.05, 0) is 44.5 Å². The summed E-state index contributed by atoms with van der Waals surface area (Å²) >= 11 is 0. The number of ether oxygens (including phenoxy) is 1. The molecule has 0 spiro atoms. The van der Waals surface area contributed by atoms with Crippen LogP contribution in [0.2, 0.25) is 0 Å². The van der Waals surface area contributed by atoms with Crippen molar-refractivity contribution < 1.29 is 32.3 Å². The maximum atomic E-state index is 12.6. The molecule has 0 aliphatic rings. The standard InChI is InChI=1S/C17H19F3N2O4/c1-16(2,3)22-15(25)21-13(23)10-26-14(24)8-7-11-5-4-6-12(9-11)17(18,19)20/h4-9H,10H2,1-3H3,(H2,21,22,23,25)/b8-7+. The third-order valence-corrected chi connectivity index (χ3v) is 2.71. The van der Waals surface area contributed by atoms with Gasteiger partial charge in [0.05, 0.1) is 5.56 Å². The molecule has 2 N–H and O–H groups in total. The average molecular weight is 372 g/mol. The summed E-state index contributed by atoms with van der Waals surface area (Å²) in [4.78, 5) is 34.4. The zero-order chi connectivity index (χ0) is 20.0. The Morgan fingerprint density at radius 3 is 2.38 bits per heavy atom. The van der Waals surface area contributed by atoms with Crippen LogP contribution in [0.25, 0.3) is 6.08 Å². The van der Waals surface area contributed by atoms with Crippen LogP contribution in [0.1, 0.15) is 31.9 Å². The summed E-state index contributed by atoms with van der Waals surface area (Å²) in [5.74, 6) is -1.78. The molecule has 0 saturated carbocycles. The number of rotatable bonds is 4. The molecule has 0 aromatic heterocycles. The van der Waals surface area contributed by atoms with Crippen LogP contribution in [0.5, 0.6) is 0 Å². The monoisotopic (exact) mass is 372 g/mol. The molecule has 0 radical (unpaired) electrons. The summed E-state index contributed by atoms with van der Waals surface area (Å²) in [7, 11) is 0. The summed E-state index contributed by atoms with van der Waals surface area (Å²) in [6.07, 6.45) is -2.48. The Morgan fingerprint density at radius 1 is 1.15 bits per heavy atom. The van der Waals surface area contributed by atoms with Crippen molar-refractivity contribution in [2.45, 2.75) is 32.5 Å². The quantitative estimate of drug-likeness (QED) is 0.629. The van der Waals surface area contributed by atoms with E-state index >= 15 is 0 Å². The van der Waals surface area contributed by atoms with Crippen molar-refractivity contribution >= 4 is 24.0 Å². The highest BCUT2D eigenvalue weighted by molar-refractivity contribution is 5.96. The van der Waals surface area contributed by atoms with E-state index in [1.165, 1.54) is 12.1 Å². The second-order valence-corrected chi connectivity index (χ2v) is 6.32. The van der Waals surface area contributed by atoms with Crippen LogP contribution >= 0.6 is 0 Å². The second kappa shape index (κ2) is 8.50. The van der Waals surface area contributed by atoms with E-state index in [1.54, 1.807) is 20.8 Å². The van der Waals surface area contributed by atoms with E-state index < -0.39 is 41.8 Å². The van der Waals surface area contributed by atoms with Crippen molar-refractivity contribution in [3.8, 4) is 0 Å². The normalized spacial score (nSPS) is 11.9. The third-order valence-electron chi connectivity index (χ3n) is 2.71. The maximum Gasteiger partial charge on any atom is 0.416 e. The Bertz CT molecular complexity index is 707. The van der Waals surface area contributed by atoms with Gasteiger partial charge in [-0.15, -0.1) is 0 Å². The third kappa shape index (κ3) is 8.32. The first-order valence-corrected chi connectivity index (χ1v) is 7.51. The maximum absolute atomic E-state index is 12.6. The molecule has 6 nitrogen and oxygen atoms in total. The Kier molecular flexibility index (Phi) is 6.93. The molecule has 9 heteroatoms. The molecule has 142 valence electrons. The fourth-order valence-corrected chi connectivity index (χ4v) is 1.70. The van der Waals surface area contributed by atoms with E-state index in [4.69, 9.17) is 0 Å². The van der Waals surface area contributed by atoms with E-state index in [0.29, 0.717) is 0 Å². The molecule has 0 saturated heterocycles. The van der Waals surface area contributed by atoms with Gasteiger partial charge in [-0.1, -0.05) is 12.1 Å². The van der Waals surface area contributed by atoms with Crippen molar-refractivity contribution in [3.05, 3.63) is 41.5 Å². The number of amides is 3. The lowest BCUT2D eigenvalue weighted by Crippen LogP contribution is -2.49. The van der Waals surface area contributed by atoms with Crippen LogP contribution in [0.4, 0.5) is 18.0 Å². The molecule has 0 atom stereocenters. The second-order valence-electron chi connectivity index (χ2n) is 6.32. The molecular weight excluding hydrogens is 353 g/mol. The van der Waals surface area contributed by atoms with E-state index in [0.717, 1.165) is 24.3 Å². The number of hydrogen-bond acceptors (Lipinski definition) is 4. The molecule has 0 heterocycles.